The molecule has 4 heteroatoms. The minimum Gasteiger partial charge on any atom is -0.277 e. The lowest BCUT2D eigenvalue weighted by Crippen LogP contribution is -2.03. The first-order valence-corrected chi connectivity index (χ1v) is 12.0. The lowest BCUT2D eigenvalue weighted by Gasteiger charge is -2.12. The van der Waals surface area contributed by atoms with Crippen LogP contribution in [0.2, 0.25) is 0 Å². The van der Waals surface area contributed by atoms with Crippen molar-refractivity contribution in [3.8, 4) is 17.2 Å². The summed E-state index contributed by atoms with van der Waals surface area (Å²) in [6.07, 6.45) is 0. The number of halogens is 1. The second-order valence-corrected chi connectivity index (χ2v) is 9.35. The molecule has 0 radical (unpaired) electrons. The van der Waals surface area contributed by atoms with E-state index in [9.17, 15) is 0 Å². The Morgan fingerprint density at radius 2 is 1.32 bits per heavy atom. The Morgan fingerprint density at radius 3 is 2.21 bits per heavy atom. The molecule has 0 amide bonds. The van der Waals surface area contributed by atoms with Crippen molar-refractivity contribution >= 4 is 59.4 Å². The van der Waals surface area contributed by atoms with Gasteiger partial charge in [-0.2, -0.15) is 0 Å². The first kappa shape index (κ1) is 19.4. The molecule has 0 fully saturated rings. The van der Waals surface area contributed by atoms with E-state index in [-0.39, 0.29) is 0 Å². The zero-order chi connectivity index (χ0) is 22.6. The Hall–Kier alpha value is -4.02. The SMILES string of the molecule is Brc1ccc2c3ccc4ccccc4c3n(-c3nc(-c4ccccc4)c4ccccc4n3)c2c1. The van der Waals surface area contributed by atoms with Crippen molar-refractivity contribution in [2.24, 2.45) is 0 Å². The van der Waals surface area contributed by atoms with Gasteiger partial charge in [-0.25, -0.2) is 9.97 Å². The van der Waals surface area contributed by atoms with Crippen LogP contribution in [0, 0.1) is 0 Å². The van der Waals surface area contributed by atoms with Crippen LogP contribution in [0.25, 0.3) is 60.7 Å². The third-order valence-corrected chi connectivity index (χ3v) is 6.95. The Balaban J connectivity index is 1.68. The monoisotopic (exact) mass is 499 g/mol. The molecule has 0 saturated heterocycles. The second-order valence-electron chi connectivity index (χ2n) is 8.44. The fourth-order valence-corrected chi connectivity index (χ4v) is 5.29. The fraction of sp³-hybridized carbons (Fsp3) is 0. The van der Waals surface area contributed by atoms with Crippen LogP contribution in [0.5, 0.6) is 0 Å². The third kappa shape index (κ3) is 2.89. The number of hydrogen-bond acceptors (Lipinski definition) is 2. The van der Waals surface area contributed by atoms with E-state index in [1.807, 2.05) is 18.2 Å². The fourth-order valence-electron chi connectivity index (χ4n) is 4.94. The van der Waals surface area contributed by atoms with E-state index in [1.54, 1.807) is 0 Å². The average Bonchev–Trinajstić information content (AvgIpc) is 3.22. The second kappa shape index (κ2) is 7.51. The van der Waals surface area contributed by atoms with Gasteiger partial charge >= 0.3 is 0 Å². The summed E-state index contributed by atoms with van der Waals surface area (Å²) in [7, 11) is 0. The van der Waals surface area contributed by atoms with Crippen LogP contribution < -0.4 is 0 Å². The lowest BCUT2D eigenvalue weighted by molar-refractivity contribution is 1.02. The van der Waals surface area contributed by atoms with Gasteiger partial charge in [0.1, 0.15) is 0 Å². The Morgan fingerprint density at radius 1 is 0.588 bits per heavy atom. The van der Waals surface area contributed by atoms with Gasteiger partial charge in [0, 0.05) is 31.6 Å². The summed E-state index contributed by atoms with van der Waals surface area (Å²) < 4.78 is 3.24. The van der Waals surface area contributed by atoms with E-state index >= 15 is 0 Å². The van der Waals surface area contributed by atoms with Crippen LogP contribution in [-0.4, -0.2) is 14.5 Å². The predicted octanol–water partition coefficient (Wildman–Crippen LogP) is 8.31. The number of para-hydroxylation sites is 1. The van der Waals surface area contributed by atoms with Gasteiger partial charge in [0.05, 0.1) is 22.2 Å². The number of aromatic nitrogens is 3. The molecule has 0 unspecified atom stereocenters. The van der Waals surface area contributed by atoms with Gasteiger partial charge in [0.2, 0.25) is 5.95 Å². The van der Waals surface area contributed by atoms with E-state index in [2.05, 4.69) is 111 Å². The summed E-state index contributed by atoms with van der Waals surface area (Å²) in [5, 5.41) is 5.80. The molecule has 7 aromatic rings. The normalized spacial score (nSPS) is 11.7. The highest BCUT2D eigenvalue weighted by Crippen LogP contribution is 2.38. The highest BCUT2D eigenvalue weighted by molar-refractivity contribution is 9.10. The van der Waals surface area contributed by atoms with Gasteiger partial charge in [-0.15, -0.1) is 0 Å². The molecule has 0 atom stereocenters. The summed E-state index contributed by atoms with van der Waals surface area (Å²) in [6, 6.07) is 37.9. The molecule has 5 aromatic carbocycles. The first-order chi connectivity index (χ1) is 16.8. The van der Waals surface area contributed by atoms with Crippen LogP contribution in [-0.2, 0) is 0 Å². The molecule has 160 valence electrons. The summed E-state index contributed by atoms with van der Waals surface area (Å²) >= 11 is 3.68. The largest absolute Gasteiger partial charge is 0.277 e. The van der Waals surface area contributed by atoms with Crippen molar-refractivity contribution in [3.05, 3.63) is 114 Å². The maximum Gasteiger partial charge on any atom is 0.235 e. The maximum absolute atomic E-state index is 5.19. The van der Waals surface area contributed by atoms with E-state index in [0.29, 0.717) is 5.95 Å². The van der Waals surface area contributed by atoms with Crippen LogP contribution in [0.1, 0.15) is 0 Å². The summed E-state index contributed by atoms with van der Waals surface area (Å²) in [4.78, 5) is 10.3. The van der Waals surface area contributed by atoms with E-state index in [4.69, 9.17) is 9.97 Å². The van der Waals surface area contributed by atoms with Gasteiger partial charge in [0.15, 0.2) is 0 Å². The Bertz CT molecular complexity index is 1870. The predicted molar refractivity (Wildman–Crippen MR) is 145 cm³/mol. The van der Waals surface area contributed by atoms with Gasteiger partial charge in [-0.05, 0) is 23.6 Å². The molecule has 0 aliphatic rings. The molecule has 34 heavy (non-hydrogen) atoms. The van der Waals surface area contributed by atoms with Crippen molar-refractivity contribution in [1.29, 1.82) is 0 Å². The molecule has 0 N–H and O–H groups in total. The lowest BCUT2D eigenvalue weighted by atomic mass is 10.1. The maximum atomic E-state index is 5.19. The molecule has 0 bridgehead atoms. The third-order valence-electron chi connectivity index (χ3n) is 6.45. The van der Waals surface area contributed by atoms with Crippen molar-refractivity contribution < 1.29 is 0 Å². The zero-order valence-electron chi connectivity index (χ0n) is 18.1. The van der Waals surface area contributed by atoms with Crippen molar-refractivity contribution in [3.63, 3.8) is 0 Å². The van der Waals surface area contributed by atoms with Gasteiger partial charge in [-0.1, -0.05) is 107 Å². The molecule has 0 aliphatic heterocycles. The van der Waals surface area contributed by atoms with Gasteiger partial charge < -0.3 is 0 Å². The van der Waals surface area contributed by atoms with E-state index in [0.717, 1.165) is 37.7 Å². The van der Waals surface area contributed by atoms with Crippen molar-refractivity contribution in [2.45, 2.75) is 0 Å². The van der Waals surface area contributed by atoms with Crippen LogP contribution in [0.4, 0.5) is 0 Å². The van der Waals surface area contributed by atoms with Gasteiger partial charge in [0.25, 0.3) is 0 Å². The minimum absolute atomic E-state index is 0.673. The molecule has 2 heterocycles. The first-order valence-electron chi connectivity index (χ1n) is 11.2. The zero-order valence-corrected chi connectivity index (χ0v) is 19.7. The highest BCUT2D eigenvalue weighted by Gasteiger charge is 2.19. The average molecular weight is 500 g/mol. The molecular weight excluding hydrogens is 482 g/mol. The highest BCUT2D eigenvalue weighted by atomic mass is 79.9. The molecule has 0 spiro atoms. The van der Waals surface area contributed by atoms with Crippen LogP contribution in [0.15, 0.2) is 114 Å². The Labute approximate surface area is 204 Å². The quantitative estimate of drug-likeness (QED) is 0.239. The number of fused-ring (bicyclic) bond motifs is 6. The molecule has 0 aliphatic carbocycles. The van der Waals surface area contributed by atoms with Crippen molar-refractivity contribution in [1.82, 2.24) is 14.5 Å². The Kier molecular flexibility index (Phi) is 4.29. The van der Waals surface area contributed by atoms with E-state index in [1.165, 1.54) is 21.5 Å². The summed E-state index contributed by atoms with van der Waals surface area (Å²) in [5.41, 5.74) is 5.15. The topological polar surface area (TPSA) is 30.7 Å². The minimum atomic E-state index is 0.673. The molecule has 3 nitrogen and oxygen atoms in total. The molecular formula is C30H18BrN3. The summed E-state index contributed by atoms with van der Waals surface area (Å²) in [6.45, 7) is 0. The van der Waals surface area contributed by atoms with Gasteiger partial charge in [-0.3, -0.25) is 4.57 Å². The smallest absolute Gasteiger partial charge is 0.235 e. The standard InChI is InChI=1S/C30H18BrN3/c31-21-15-17-23-24-16-14-19-8-4-5-11-22(19)29(24)34(27(23)18-21)30-32-26-13-7-6-12-25(26)28(33-30)20-9-2-1-3-10-20/h1-18H. The van der Waals surface area contributed by atoms with Crippen molar-refractivity contribution in [2.75, 3.05) is 0 Å². The number of nitrogens with zero attached hydrogens (tertiary/aromatic N) is 3. The number of rotatable bonds is 2. The van der Waals surface area contributed by atoms with Crippen LogP contribution in [0.3, 0.4) is 0 Å². The summed E-state index contributed by atoms with van der Waals surface area (Å²) in [5.74, 6) is 0.673. The van der Waals surface area contributed by atoms with E-state index < -0.39 is 0 Å². The number of benzene rings is 5. The molecule has 0 saturated carbocycles. The molecule has 7 rings (SSSR count). The molecule has 2 aromatic heterocycles. The van der Waals surface area contributed by atoms with Crippen LogP contribution >= 0.6 is 15.9 Å². The number of hydrogen-bond donors (Lipinski definition) is 0.